The van der Waals surface area contributed by atoms with Crippen LogP contribution in [0.2, 0.25) is 0 Å². The molecule has 5 heteroatoms. The predicted molar refractivity (Wildman–Crippen MR) is 58.5 cm³/mol. The molecular formula is C10H15N5. The van der Waals surface area contributed by atoms with E-state index < -0.39 is 0 Å². The maximum atomic E-state index is 5.39. The topological polar surface area (TPSA) is 75.9 Å². The van der Waals surface area contributed by atoms with Crippen LogP contribution in [0.3, 0.4) is 0 Å². The molecule has 0 aromatic carbocycles. The average molecular weight is 205 g/mol. The van der Waals surface area contributed by atoms with Crippen LogP contribution >= 0.6 is 0 Å². The molecule has 0 aliphatic heterocycles. The number of nitrogen functional groups attached to an aromatic ring is 1. The summed E-state index contributed by atoms with van der Waals surface area (Å²) in [6, 6.07) is 2.47. The Bertz CT molecular complexity index is 370. The Balaban J connectivity index is 1.86. The van der Waals surface area contributed by atoms with E-state index in [-0.39, 0.29) is 0 Å². The number of hydrogen-bond acceptors (Lipinski definition) is 5. The van der Waals surface area contributed by atoms with Crippen molar-refractivity contribution in [2.24, 2.45) is 5.84 Å². The summed E-state index contributed by atoms with van der Waals surface area (Å²) in [5.74, 6) is 8.47. The fraction of sp³-hybridized carbons (Fsp3) is 0.600. The second-order valence-corrected chi connectivity index (χ2v) is 4.33. The SMILES string of the molecule is NNc1cc(NC2CC2)nc(C2CC2)n1. The van der Waals surface area contributed by atoms with Gasteiger partial charge < -0.3 is 10.7 Å². The predicted octanol–water partition coefficient (Wildman–Crippen LogP) is 1.21. The summed E-state index contributed by atoms with van der Waals surface area (Å²) >= 11 is 0. The van der Waals surface area contributed by atoms with Crippen molar-refractivity contribution in [3.8, 4) is 0 Å². The van der Waals surface area contributed by atoms with Crippen LogP contribution in [0.25, 0.3) is 0 Å². The molecule has 5 nitrogen and oxygen atoms in total. The van der Waals surface area contributed by atoms with E-state index in [2.05, 4.69) is 20.7 Å². The van der Waals surface area contributed by atoms with E-state index in [0.717, 1.165) is 11.6 Å². The molecule has 0 amide bonds. The minimum Gasteiger partial charge on any atom is -0.367 e. The van der Waals surface area contributed by atoms with Crippen LogP contribution in [0, 0.1) is 0 Å². The number of nitrogens with two attached hydrogens (primary N) is 1. The molecule has 1 aromatic rings. The van der Waals surface area contributed by atoms with Gasteiger partial charge in [-0.25, -0.2) is 15.8 Å². The molecule has 1 heterocycles. The van der Waals surface area contributed by atoms with Gasteiger partial charge in [-0.15, -0.1) is 0 Å². The van der Waals surface area contributed by atoms with Crippen molar-refractivity contribution in [2.75, 3.05) is 10.7 Å². The van der Waals surface area contributed by atoms with E-state index in [1.54, 1.807) is 0 Å². The number of aromatic nitrogens is 2. The van der Waals surface area contributed by atoms with Gasteiger partial charge in [0, 0.05) is 18.0 Å². The maximum absolute atomic E-state index is 5.39. The lowest BCUT2D eigenvalue weighted by Gasteiger charge is -2.08. The van der Waals surface area contributed by atoms with Crippen molar-refractivity contribution in [3.05, 3.63) is 11.9 Å². The lowest BCUT2D eigenvalue weighted by Crippen LogP contribution is -2.12. The quantitative estimate of drug-likeness (QED) is 0.509. The molecular weight excluding hydrogens is 190 g/mol. The number of hydrogen-bond donors (Lipinski definition) is 3. The van der Waals surface area contributed by atoms with E-state index in [9.17, 15) is 0 Å². The van der Waals surface area contributed by atoms with E-state index >= 15 is 0 Å². The summed E-state index contributed by atoms with van der Waals surface area (Å²) in [7, 11) is 0. The zero-order valence-corrected chi connectivity index (χ0v) is 8.53. The number of anilines is 2. The zero-order chi connectivity index (χ0) is 10.3. The molecule has 80 valence electrons. The summed E-state index contributed by atoms with van der Waals surface area (Å²) in [5, 5.41) is 3.37. The number of nitrogens with one attached hydrogen (secondary N) is 2. The van der Waals surface area contributed by atoms with Gasteiger partial charge in [-0.2, -0.15) is 0 Å². The summed E-state index contributed by atoms with van der Waals surface area (Å²) in [6.07, 6.45) is 4.90. The average Bonchev–Trinajstić information content (AvgIpc) is 3.10. The standard InChI is InChI=1S/C10H15N5/c11-15-9-5-8(12-7-3-4-7)13-10(14-9)6-1-2-6/h5-7H,1-4,11H2,(H2,12,13,14,15). The van der Waals surface area contributed by atoms with Crippen LogP contribution in [0.5, 0.6) is 0 Å². The van der Waals surface area contributed by atoms with Gasteiger partial charge in [-0.3, -0.25) is 0 Å². The normalized spacial score (nSPS) is 20.1. The first-order valence-corrected chi connectivity index (χ1v) is 5.47. The molecule has 2 saturated carbocycles. The van der Waals surface area contributed by atoms with Gasteiger partial charge in [-0.05, 0) is 25.7 Å². The van der Waals surface area contributed by atoms with Gasteiger partial charge in [0.05, 0.1) is 0 Å². The number of nitrogens with zero attached hydrogens (tertiary/aromatic N) is 2. The molecule has 4 N–H and O–H groups in total. The Labute approximate surface area is 88.5 Å². The molecule has 15 heavy (non-hydrogen) atoms. The minimum absolute atomic E-state index is 0.554. The summed E-state index contributed by atoms with van der Waals surface area (Å²) in [6.45, 7) is 0. The highest BCUT2D eigenvalue weighted by atomic mass is 15.3. The fourth-order valence-electron chi connectivity index (χ4n) is 1.57. The van der Waals surface area contributed by atoms with Crippen molar-refractivity contribution in [1.82, 2.24) is 9.97 Å². The lowest BCUT2D eigenvalue weighted by atomic mass is 10.3. The van der Waals surface area contributed by atoms with Crippen LogP contribution in [-0.4, -0.2) is 16.0 Å². The molecule has 2 aliphatic rings. The fourth-order valence-corrected chi connectivity index (χ4v) is 1.57. The van der Waals surface area contributed by atoms with Gasteiger partial charge >= 0.3 is 0 Å². The first-order chi connectivity index (χ1) is 7.35. The summed E-state index contributed by atoms with van der Waals surface area (Å²) in [4.78, 5) is 8.86. The van der Waals surface area contributed by atoms with Gasteiger partial charge in [0.2, 0.25) is 0 Å². The van der Waals surface area contributed by atoms with Crippen molar-refractivity contribution >= 4 is 11.6 Å². The largest absolute Gasteiger partial charge is 0.367 e. The third-order valence-electron chi connectivity index (χ3n) is 2.76. The van der Waals surface area contributed by atoms with Crippen molar-refractivity contribution in [3.63, 3.8) is 0 Å². The second-order valence-electron chi connectivity index (χ2n) is 4.33. The van der Waals surface area contributed by atoms with Crippen LogP contribution in [0.15, 0.2) is 6.07 Å². The first-order valence-electron chi connectivity index (χ1n) is 5.47. The van der Waals surface area contributed by atoms with E-state index in [0.29, 0.717) is 17.8 Å². The Morgan fingerprint density at radius 3 is 2.47 bits per heavy atom. The maximum Gasteiger partial charge on any atom is 0.145 e. The Morgan fingerprint density at radius 2 is 1.87 bits per heavy atom. The van der Waals surface area contributed by atoms with Gasteiger partial charge in [-0.1, -0.05) is 0 Å². The van der Waals surface area contributed by atoms with Gasteiger partial charge in [0.25, 0.3) is 0 Å². The van der Waals surface area contributed by atoms with Crippen molar-refractivity contribution < 1.29 is 0 Å². The third kappa shape index (κ3) is 2.02. The van der Waals surface area contributed by atoms with Crippen LogP contribution in [-0.2, 0) is 0 Å². The Morgan fingerprint density at radius 1 is 1.13 bits per heavy atom. The highest BCUT2D eigenvalue weighted by Gasteiger charge is 2.28. The Hall–Kier alpha value is -1.36. The molecule has 2 fully saturated rings. The molecule has 3 rings (SSSR count). The highest BCUT2D eigenvalue weighted by Crippen LogP contribution is 2.39. The Kier molecular flexibility index (Phi) is 1.98. The smallest absolute Gasteiger partial charge is 0.145 e. The second kappa shape index (κ2) is 3.34. The molecule has 0 unspecified atom stereocenters. The van der Waals surface area contributed by atoms with Crippen LogP contribution in [0.1, 0.15) is 37.4 Å². The summed E-state index contributed by atoms with van der Waals surface area (Å²) in [5.41, 5.74) is 2.59. The van der Waals surface area contributed by atoms with E-state index in [1.807, 2.05) is 6.07 Å². The highest BCUT2D eigenvalue weighted by molar-refractivity contribution is 5.48. The van der Waals surface area contributed by atoms with Crippen LogP contribution in [0.4, 0.5) is 11.6 Å². The summed E-state index contributed by atoms with van der Waals surface area (Å²) < 4.78 is 0. The molecule has 0 saturated heterocycles. The monoisotopic (exact) mass is 205 g/mol. The molecule has 0 spiro atoms. The van der Waals surface area contributed by atoms with Crippen molar-refractivity contribution in [2.45, 2.75) is 37.6 Å². The van der Waals surface area contributed by atoms with Gasteiger partial charge in [0.15, 0.2) is 0 Å². The molecule has 1 aromatic heterocycles. The molecule has 0 atom stereocenters. The third-order valence-corrected chi connectivity index (χ3v) is 2.76. The van der Waals surface area contributed by atoms with E-state index in [1.165, 1.54) is 25.7 Å². The molecule has 0 radical (unpaired) electrons. The lowest BCUT2D eigenvalue weighted by molar-refractivity contribution is 0.919. The molecule has 0 bridgehead atoms. The molecule has 2 aliphatic carbocycles. The van der Waals surface area contributed by atoms with Crippen molar-refractivity contribution in [1.29, 1.82) is 0 Å². The number of hydrazine groups is 1. The van der Waals surface area contributed by atoms with Crippen LogP contribution < -0.4 is 16.6 Å². The van der Waals surface area contributed by atoms with E-state index in [4.69, 9.17) is 5.84 Å². The van der Waals surface area contributed by atoms with Gasteiger partial charge in [0.1, 0.15) is 17.5 Å². The first kappa shape index (κ1) is 8.91. The zero-order valence-electron chi connectivity index (χ0n) is 8.53. The minimum atomic E-state index is 0.554. The number of rotatable bonds is 4.